The van der Waals surface area contributed by atoms with E-state index in [2.05, 4.69) is 42.0 Å². The van der Waals surface area contributed by atoms with Gasteiger partial charge in [0.2, 0.25) is 11.9 Å². The van der Waals surface area contributed by atoms with Gasteiger partial charge in [-0.05, 0) is 24.3 Å². The molecule has 1 saturated heterocycles. The van der Waals surface area contributed by atoms with Crippen LogP contribution >= 0.6 is 0 Å². The van der Waals surface area contributed by atoms with E-state index in [9.17, 15) is 9.18 Å². The molecule has 10 heteroatoms. The first-order valence-corrected chi connectivity index (χ1v) is 12.0. The molecular weight excluding hydrogens is 471 g/mol. The minimum absolute atomic E-state index is 0.302. The van der Waals surface area contributed by atoms with Crippen LogP contribution in [0.3, 0.4) is 0 Å². The number of carbonyl (C=O) groups is 1. The lowest BCUT2D eigenvalue weighted by atomic mass is 10.0. The Morgan fingerprint density at radius 3 is 2.65 bits per heavy atom. The van der Waals surface area contributed by atoms with E-state index in [1.54, 1.807) is 24.8 Å². The number of piperazine rings is 1. The average Bonchev–Trinajstić information content (AvgIpc) is 2.94. The van der Waals surface area contributed by atoms with E-state index in [1.807, 2.05) is 36.4 Å². The van der Waals surface area contributed by atoms with Crippen molar-refractivity contribution >= 4 is 40.0 Å². The molecule has 0 bridgehead atoms. The van der Waals surface area contributed by atoms with Gasteiger partial charge in [0.15, 0.2) is 0 Å². The molecule has 4 heterocycles. The number of nitrogens with one attached hydrogen (secondary N) is 2. The number of para-hydroxylation sites is 1. The maximum atomic E-state index is 12.6. The standard InChI is InChI=1S/C27H27FN8O/c1-2-25(37)32-22-14-20(15-29-17-22)23-5-3-4-19-16-31-27(34-26(19)23)33-21-6-7-24(30-18-21)36-12-10-35(9-8-28)11-13-36/h2-7,14-18H,1,8-13H2,(H,32,37)(H,31,33,34). The Balaban J connectivity index is 1.34. The van der Waals surface area contributed by atoms with Gasteiger partial charge in [0.05, 0.1) is 29.3 Å². The van der Waals surface area contributed by atoms with Gasteiger partial charge in [0.1, 0.15) is 12.5 Å². The lowest BCUT2D eigenvalue weighted by molar-refractivity contribution is -0.111. The molecule has 1 aromatic carbocycles. The number of halogens is 1. The molecule has 5 rings (SSSR count). The second-order valence-corrected chi connectivity index (χ2v) is 8.64. The van der Waals surface area contributed by atoms with E-state index in [-0.39, 0.29) is 12.6 Å². The third kappa shape index (κ3) is 5.70. The van der Waals surface area contributed by atoms with Gasteiger partial charge in [-0.15, -0.1) is 0 Å². The minimum Gasteiger partial charge on any atom is -0.354 e. The van der Waals surface area contributed by atoms with Crippen LogP contribution in [0.25, 0.3) is 22.0 Å². The van der Waals surface area contributed by atoms with Crippen molar-refractivity contribution in [1.82, 2.24) is 24.8 Å². The molecule has 0 spiro atoms. The Morgan fingerprint density at radius 1 is 1.03 bits per heavy atom. The maximum Gasteiger partial charge on any atom is 0.247 e. The largest absolute Gasteiger partial charge is 0.354 e. The van der Waals surface area contributed by atoms with Gasteiger partial charge in [0.25, 0.3) is 0 Å². The van der Waals surface area contributed by atoms with E-state index < -0.39 is 0 Å². The van der Waals surface area contributed by atoms with Crippen molar-refractivity contribution in [2.24, 2.45) is 0 Å². The number of nitrogens with zero attached hydrogens (tertiary/aromatic N) is 6. The summed E-state index contributed by atoms with van der Waals surface area (Å²) in [5.41, 5.74) is 3.78. The van der Waals surface area contributed by atoms with Crippen LogP contribution in [-0.2, 0) is 4.79 Å². The Morgan fingerprint density at radius 2 is 1.89 bits per heavy atom. The van der Waals surface area contributed by atoms with Crippen molar-refractivity contribution < 1.29 is 9.18 Å². The van der Waals surface area contributed by atoms with Crippen LogP contribution in [0.5, 0.6) is 0 Å². The number of pyridine rings is 2. The highest BCUT2D eigenvalue weighted by Crippen LogP contribution is 2.29. The predicted molar refractivity (Wildman–Crippen MR) is 144 cm³/mol. The van der Waals surface area contributed by atoms with Crippen LogP contribution in [-0.4, -0.2) is 70.1 Å². The summed E-state index contributed by atoms with van der Waals surface area (Å²) in [6.07, 6.45) is 8.06. The number of benzene rings is 1. The van der Waals surface area contributed by atoms with Crippen LogP contribution in [0.4, 0.5) is 27.5 Å². The van der Waals surface area contributed by atoms with E-state index in [1.165, 1.54) is 6.08 Å². The van der Waals surface area contributed by atoms with Crippen LogP contribution < -0.4 is 15.5 Å². The highest BCUT2D eigenvalue weighted by Gasteiger charge is 2.17. The van der Waals surface area contributed by atoms with E-state index in [0.717, 1.165) is 59.7 Å². The molecule has 1 aliphatic heterocycles. The van der Waals surface area contributed by atoms with Crippen molar-refractivity contribution in [1.29, 1.82) is 0 Å². The fourth-order valence-electron chi connectivity index (χ4n) is 4.29. The normalized spacial score (nSPS) is 13.9. The molecule has 3 aromatic heterocycles. The van der Waals surface area contributed by atoms with Gasteiger partial charge in [-0.2, -0.15) is 0 Å². The number of anilines is 4. The fourth-order valence-corrected chi connectivity index (χ4v) is 4.29. The van der Waals surface area contributed by atoms with Crippen LogP contribution in [0.1, 0.15) is 0 Å². The first-order chi connectivity index (χ1) is 18.1. The SMILES string of the molecule is C=CC(=O)Nc1cncc(-c2cccc3cnc(Nc4ccc(N5CCN(CCF)CC5)nc4)nc23)c1. The number of aromatic nitrogens is 4. The minimum atomic E-state index is -0.311. The van der Waals surface area contributed by atoms with Gasteiger partial charge < -0.3 is 15.5 Å². The van der Waals surface area contributed by atoms with E-state index in [0.29, 0.717) is 18.2 Å². The van der Waals surface area contributed by atoms with Gasteiger partial charge in [-0.25, -0.2) is 19.3 Å². The molecule has 1 aliphatic rings. The van der Waals surface area contributed by atoms with Gasteiger partial charge in [-0.1, -0.05) is 24.8 Å². The summed E-state index contributed by atoms with van der Waals surface area (Å²) >= 11 is 0. The van der Waals surface area contributed by atoms with Crippen LogP contribution in [0.15, 0.2) is 73.8 Å². The Bertz CT molecular complexity index is 1400. The summed E-state index contributed by atoms with van der Waals surface area (Å²) in [4.78, 5) is 34.1. The Kier molecular flexibility index (Phi) is 7.27. The smallest absolute Gasteiger partial charge is 0.247 e. The molecule has 1 amide bonds. The summed E-state index contributed by atoms with van der Waals surface area (Å²) in [6, 6.07) is 11.6. The topological polar surface area (TPSA) is 99.2 Å². The molecule has 1 fully saturated rings. The monoisotopic (exact) mass is 498 g/mol. The highest BCUT2D eigenvalue weighted by atomic mass is 19.1. The molecule has 4 aromatic rings. The summed E-state index contributed by atoms with van der Waals surface area (Å²) in [6.45, 7) is 6.97. The molecular formula is C27H27FN8O. The molecule has 0 unspecified atom stereocenters. The third-order valence-corrected chi connectivity index (χ3v) is 6.21. The molecule has 0 atom stereocenters. The number of carbonyl (C=O) groups excluding carboxylic acids is 1. The number of amides is 1. The molecule has 0 radical (unpaired) electrons. The van der Waals surface area contributed by atoms with Crippen LogP contribution in [0, 0.1) is 0 Å². The van der Waals surface area contributed by atoms with Crippen molar-refractivity contribution in [2.45, 2.75) is 0 Å². The summed E-state index contributed by atoms with van der Waals surface area (Å²) in [5.74, 6) is 1.03. The second kappa shape index (κ2) is 11.1. The Labute approximate surface area is 214 Å². The fraction of sp³-hybridized carbons (Fsp3) is 0.222. The summed E-state index contributed by atoms with van der Waals surface area (Å²) in [7, 11) is 0. The molecule has 0 saturated carbocycles. The number of hydrogen-bond donors (Lipinski definition) is 2. The number of hydrogen-bond acceptors (Lipinski definition) is 8. The van der Waals surface area contributed by atoms with Gasteiger partial charge >= 0.3 is 0 Å². The predicted octanol–water partition coefficient (Wildman–Crippen LogP) is 4.05. The molecule has 2 N–H and O–H groups in total. The Hall–Kier alpha value is -4.44. The maximum absolute atomic E-state index is 12.6. The quantitative estimate of drug-likeness (QED) is 0.351. The van der Waals surface area contributed by atoms with Crippen molar-refractivity contribution in [3.63, 3.8) is 0 Å². The molecule has 9 nitrogen and oxygen atoms in total. The second-order valence-electron chi connectivity index (χ2n) is 8.64. The van der Waals surface area contributed by atoms with Gasteiger partial charge in [-0.3, -0.25) is 14.7 Å². The van der Waals surface area contributed by atoms with Crippen molar-refractivity contribution in [3.05, 3.63) is 73.8 Å². The zero-order valence-corrected chi connectivity index (χ0v) is 20.3. The summed E-state index contributed by atoms with van der Waals surface area (Å²) < 4.78 is 12.6. The highest BCUT2D eigenvalue weighted by molar-refractivity contribution is 6.00. The zero-order chi connectivity index (χ0) is 25.6. The van der Waals surface area contributed by atoms with Crippen molar-refractivity contribution in [2.75, 3.05) is 54.9 Å². The summed E-state index contributed by atoms with van der Waals surface area (Å²) in [5, 5.41) is 6.85. The van der Waals surface area contributed by atoms with Crippen molar-refractivity contribution in [3.8, 4) is 11.1 Å². The molecule has 0 aliphatic carbocycles. The number of alkyl halides is 1. The molecule has 188 valence electrons. The van der Waals surface area contributed by atoms with Gasteiger partial charge in [0, 0.05) is 61.6 Å². The first kappa shape index (κ1) is 24.3. The number of rotatable bonds is 8. The third-order valence-electron chi connectivity index (χ3n) is 6.21. The van der Waals surface area contributed by atoms with E-state index >= 15 is 0 Å². The zero-order valence-electron chi connectivity index (χ0n) is 20.3. The van der Waals surface area contributed by atoms with E-state index in [4.69, 9.17) is 4.98 Å². The average molecular weight is 499 g/mol. The lowest BCUT2D eigenvalue weighted by Crippen LogP contribution is -2.47. The molecule has 37 heavy (non-hydrogen) atoms. The number of fused-ring (bicyclic) bond motifs is 1. The first-order valence-electron chi connectivity index (χ1n) is 12.0. The lowest BCUT2D eigenvalue weighted by Gasteiger charge is -2.34. The van der Waals surface area contributed by atoms with Crippen LogP contribution in [0.2, 0.25) is 0 Å².